The van der Waals surface area contributed by atoms with Gasteiger partial charge in [0.2, 0.25) is 6.20 Å². The van der Waals surface area contributed by atoms with Crippen LogP contribution in [0.25, 0.3) is 5.69 Å². The molecule has 0 bridgehead atoms. The Morgan fingerprint density at radius 2 is 2.31 bits per heavy atom. The first-order chi connectivity index (χ1) is 6.29. The second-order valence-electron chi connectivity index (χ2n) is 2.74. The van der Waals surface area contributed by atoms with Crippen LogP contribution in [-0.2, 0) is 7.05 Å². The standard InChI is InChI=1S/C8H10N5/c1-7-8(5-9-6-10-7)13-4-3-11-12(13)2/h3-6H,1-2H3/q+1. The minimum absolute atomic E-state index is 0.934. The molecule has 2 aromatic heterocycles. The van der Waals surface area contributed by atoms with Gasteiger partial charge in [-0.05, 0) is 11.7 Å². The molecule has 0 atom stereocenters. The molecular weight excluding hydrogens is 166 g/mol. The fourth-order valence-electron chi connectivity index (χ4n) is 1.19. The average Bonchev–Trinajstić information content (AvgIpc) is 2.52. The number of nitrogens with zero attached hydrogens (tertiary/aromatic N) is 5. The maximum absolute atomic E-state index is 4.10. The highest BCUT2D eigenvalue weighted by atomic mass is 15.5. The first kappa shape index (κ1) is 7.85. The zero-order valence-electron chi connectivity index (χ0n) is 7.55. The SMILES string of the molecule is Cc1ncncc1-[n+]1ccnn1C. The van der Waals surface area contributed by atoms with Crippen molar-refractivity contribution in [1.82, 2.24) is 19.9 Å². The summed E-state index contributed by atoms with van der Waals surface area (Å²) in [6.07, 6.45) is 6.90. The third-order valence-electron chi connectivity index (χ3n) is 1.89. The van der Waals surface area contributed by atoms with Gasteiger partial charge in [0.1, 0.15) is 6.33 Å². The van der Waals surface area contributed by atoms with Crippen LogP contribution >= 0.6 is 0 Å². The van der Waals surface area contributed by atoms with Gasteiger partial charge in [-0.1, -0.05) is 0 Å². The number of aryl methyl sites for hydroxylation is 2. The molecule has 66 valence electrons. The first-order valence-electron chi connectivity index (χ1n) is 3.96. The van der Waals surface area contributed by atoms with Crippen LogP contribution in [0.5, 0.6) is 0 Å². The highest BCUT2D eigenvalue weighted by Crippen LogP contribution is 1.98. The van der Waals surface area contributed by atoms with E-state index in [4.69, 9.17) is 0 Å². The molecule has 0 unspecified atom stereocenters. The van der Waals surface area contributed by atoms with Crippen LogP contribution in [0.3, 0.4) is 0 Å². The zero-order valence-corrected chi connectivity index (χ0v) is 7.55. The van der Waals surface area contributed by atoms with Gasteiger partial charge in [-0.25, -0.2) is 9.97 Å². The van der Waals surface area contributed by atoms with Gasteiger partial charge >= 0.3 is 0 Å². The van der Waals surface area contributed by atoms with Crippen molar-refractivity contribution in [3.05, 3.63) is 30.6 Å². The molecule has 0 saturated carbocycles. The third-order valence-corrected chi connectivity index (χ3v) is 1.89. The molecule has 0 amide bonds. The molecule has 0 aliphatic heterocycles. The van der Waals surface area contributed by atoms with Gasteiger partial charge in [-0.15, -0.1) is 4.68 Å². The summed E-state index contributed by atoms with van der Waals surface area (Å²) < 4.78 is 1.88. The molecular formula is C8H10N5+. The average molecular weight is 176 g/mol. The summed E-state index contributed by atoms with van der Waals surface area (Å²) in [6.45, 7) is 1.94. The van der Waals surface area contributed by atoms with E-state index in [0.29, 0.717) is 0 Å². The summed E-state index contributed by atoms with van der Waals surface area (Å²) in [5, 5.41) is 4.06. The van der Waals surface area contributed by atoms with Crippen molar-refractivity contribution in [1.29, 1.82) is 0 Å². The maximum Gasteiger partial charge on any atom is 0.206 e. The van der Waals surface area contributed by atoms with Crippen LogP contribution in [-0.4, -0.2) is 19.9 Å². The fourth-order valence-corrected chi connectivity index (χ4v) is 1.19. The zero-order chi connectivity index (χ0) is 9.26. The molecule has 13 heavy (non-hydrogen) atoms. The summed E-state index contributed by atoms with van der Waals surface area (Å²) in [6, 6.07) is 0. The smallest absolute Gasteiger partial charge is 0.206 e. The molecule has 0 aliphatic rings. The summed E-state index contributed by atoms with van der Waals surface area (Å²) >= 11 is 0. The Kier molecular flexibility index (Phi) is 1.77. The molecule has 0 aromatic carbocycles. The topological polar surface area (TPSA) is 47.5 Å². The van der Waals surface area contributed by atoms with E-state index in [1.807, 2.05) is 24.9 Å². The van der Waals surface area contributed by atoms with Gasteiger partial charge in [0.15, 0.2) is 11.9 Å². The van der Waals surface area contributed by atoms with Crippen molar-refractivity contribution in [3.8, 4) is 5.69 Å². The quantitative estimate of drug-likeness (QED) is 0.565. The highest BCUT2D eigenvalue weighted by Gasteiger charge is 2.10. The fraction of sp³-hybridized carbons (Fsp3) is 0.250. The molecule has 2 heterocycles. The van der Waals surface area contributed by atoms with Crippen molar-refractivity contribution in [2.24, 2.45) is 7.05 Å². The molecule has 0 spiro atoms. The van der Waals surface area contributed by atoms with Gasteiger partial charge in [-0.3, -0.25) is 0 Å². The summed E-state index contributed by atoms with van der Waals surface area (Å²) in [7, 11) is 1.87. The van der Waals surface area contributed by atoms with Crippen LogP contribution in [0, 0.1) is 6.92 Å². The van der Waals surface area contributed by atoms with Crippen LogP contribution in [0.15, 0.2) is 24.9 Å². The van der Waals surface area contributed by atoms with E-state index in [1.54, 1.807) is 17.2 Å². The summed E-state index contributed by atoms with van der Waals surface area (Å²) in [4.78, 5) is 9.80. The second kappa shape index (κ2) is 2.93. The monoisotopic (exact) mass is 176 g/mol. The lowest BCUT2D eigenvalue weighted by molar-refractivity contribution is -0.688. The maximum atomic E-state index is 4.10. The van der Waals surface area contributed by atoms with Gasteiger partial charge in [0.05, 0.1) is 18.9 Å². The molecule has 0 fully saturated rings. The highest BCUT2D eigenvalue weighted by molar-refractivity contribution is 5.20. The largest absolute Gasteiger partial charge is 0.240 e. The van der Waals surface area contributed by atoms with E-state index in [2.05, 4.69) is 15.1 Å². The van der Waals surface area contributed by atoms with Crippen LogP contribution < -0.4 is 4.68 Å². The Bertz CT molecular complexity index is 420. The van der Waals surface area contributed by atoms with Crippen LogP contribution in [0.1, 0.15) is 5.69 Å². The predicted octanol–water partition coefficient (Wildman–Crippen LogP) is -0.205. The summed E-state index contributed by atoms with van der Waals surface area (Å²) in [5.41, 5.74) is 1.88. The molecule has 2 aromatic rings. The third kappa shape index (κ3) is 1.28. The van der Waals surface area contributed by atoms with E-state index in [0.717, 1.165) is 11.4 Å². The van der Waals surface area contributed by atoms with Gasteiger partial charge in [0.25, 0.3) is 0 Å². The van der Waals surface area contributed by atoms with E-state index < -0.39 is 0 Å². The van der Waals surface area contributed by atoms with Crippen molar-refractivity contribution < 1.29 is 4.68 Å². The minimum atomic E-state index is 0.934. The molecule has 5 heteroatoms. The van der Waals surface area contributed by atoms with E-state index >= 15 is 0 Å². The Labute approximate surface area is 75.7 Å². The number of aromatic nitrogens is 5. The molecule has 0 aliphatic carbocycles. The summed E-state index contributed by atoms with van der Waals surface area (Å²) in [5.74, 6) is 0. The minimum Gasteiger partial charge on any atom is -0.240 e. The molecule has 0 saturated heterocycles. The molecule has 2 rings (SSSR count). The Morgan fingerprint density at radius 3 is 2.92 bits per heavy atom. The van der Waals surface area contributed by atoms with E-state index in [9.17, 15) is 0 Å². The predicted molar refractivity (Wildman–Crippen MR) is 45.1 cm³/mol. The van der Waals surface area contributed by atoms with Gasteiger partial charge in [-0.2, -0.15) is 0 Å². The molecule has 5 nitrogen and oxygen atoms in total. The van der Waals surface area contributed by atoms with Crippen molar-refractivity contribution in [3.63, 3.8) is 0 Å². The lowest BCUT2D eigenvalue weighted by Gasteiger charge is -1.98. The Morgan fingerprint density at radius 1 is 1.46 bits per heavy atom. The van der Waals surface area contributed by atoms with E-state index in [-0.39, 0.29) is 0 Å². The van der Waals surface area contributed by atoms with Gasteiger partial charge in [0, 0.05) is 5.10 Å². The van der Waals surface area contributed by atoms with Crippen molar-refractivity contribution >= 4 is 0 Å². The molecule has 0 N–H and O–H groups in total. The number of hydrogen-bond acceptors (Lipinski definition) is 3. The Hall–Kier alpha value is -1.78. The number of rotatable bonds is 1. The van der Waals surface area contributed by atoms with Gasteiger partial charge < -0.3 is 0 Å². The van der Waals surface area contributed by atoms with Crippen molar-refractivity contribution in [2.75, 3.05) is 0 Å². The lowest BCUT2D eigenvalue weighted by atomic mass is 10.4. The van der Waals surface area contributed by atoms with E-state index in [1.165, 1.54) is 6.33 Å². The second-order valence-corrected chi connectivity index (χ2v) is 2.74. The van der Waals surface area contributed by atoms with Crippen LogP contribution in [0.2, 0.25) is 0 Å². The molecule has 0 radical (unpaired) electrons. The van der Waals surface area contributed by atoms with Crippen LogP contribution in [0.4, 0.5) is 0 Å². The van der Waals surface area contributed by atoms with Crippen molar-refractivity contribution in [2.45, 2.75) is 6.92 Å². The first-order valence-corrected chi connectivity index (χ1v) is 3.96. The normalized spacial score (nSPS) is 10.3. The lowest BCUT2D eigenvalue weighted by Crippen LogP contribution is -2.40. The Balaban J connectivity index is 2.59. The number of hydrogen-bond donors (Lipinski definition) is 0.